The van der Waals surface area contributed by atoms with Gasteiger partial charge in [-0.05, 0) is 25.0 Å². The third kappa shape index (κ3) is 8.37. The Balaban J connectivity index is 0.000000346. The Morgan fingerprint density at radius 2 is 1.47 bits per heavy atom. The van der Waals surface area contributed by atoms with Crippen LogP contribution < -0.4 is 10.4 Å². The highest BCUT2D eigenvalue weighted by atomic mass is 16.4. The minimum Gasteiger partial charge on any atom is -0.549 e. The molecule has 30 heavy (non-hydrogen) atoms. The van der Waals surface area contributed by atoms with Crippen LogP contribution in [0.5, 0.6) is 0 Å². The number of hydrogen-bond donors (Lipinski definition) is 1. The number of amides is 1. The number of carbonyl (C=O) groups excluding carboxylic acids is 2. The Kier molecular flexibility index (Phi) is 10.3. The Labute approximate surface area is 181 Å². The van der Waals surface area contributed by atoms with Gasteiger partial charge in [0.15, 0.2) is 0 Å². The largest absolute Gasteiger partial charge is 0.549 e. The summed E-state index contributed by atoms with van der Waals surface area (Å²) < 4.78 is 0.990. The van der Waals surface area contributed by atoms with Gasteiger partial charge in [0, 0.05) is 11.3 Å². The van der Waals surface area contributed by atoms with Crippen LogP contribution in [0.1, 0.15) is 45.1 Å². The Morgan fingerprint density at radius 1 is 0.933 bits per heavy atom. The molecule has 0 fully saturated rings. The maximum atomic E-state index is 12.3. The minimum atomic E-state index is -1.44. The van der Waals surface area contributed by atoms with Crippen molar-refractivity contribution in [3.63, 3.8) is 0 Å². The third-order valence-corrected chi connectivity index (χ3v) is 4.92. The van der Waals surface area contributed by atoms with Gasteiger partial charge in [-0.3, -0.25) is 4.79 Å². The molecule has 164 valence electrons. The standard InChI is InChI=1S/C15H21NO3.C10H16N/c1-3-5-11-15(4-2,14(18)19)13(17)16-12-9-7-6-8-10-12;1-11(2,3)9-10-7-5-4-6-8-10/h6-10H,3-5,11H2,1-2H3,(H,16,17)(H,18,19);4-8H,9H2,1-3H3/q;+1/p-1. The highest BCUT2D eigenvalue weighted by molar-refractivity contribution is 6.07. The first-order valence-corrected chi connectivity index (χ1v) is 10.6. The summed E-state index contributed by atoms with van der Waals surface area (Å²) in [7, 11) is 6.60. The van der Waals surface area contributed by atoms with E-state index in [0.717, 1.165) is 17.4 Å². The van der Waals surface area contributed by atoms with E-state index < -0.39 is 17.3 Å². The van der Waals surface area contributed by atoms with Crippen molar-refractivity contribution >= 4 is 17.6 Å². The first-order valence-electron chi connectivity index (χ1n) is 10.6. The van der Waals surface area contributed by atoms with Crippen molar-refractivity contribution in [2.75, 3.05) is 26.5 Å². The Hall–Kier alpha value is -2.66. The van der Waals surface area contributed by atoms with Crippen molar-refractivity contribution in [3.05, 3.63) is 66.2 Å². The van der Waals surface area contributed by atoms with Crippen LogP contribution >= 0.6 is 0 Å². The molecule has 0 radical (unpaired) electrons. The molecular weight excluding hydrogens is 376 g/mol. The summed E-state index contributed by atoms with van der Waals surface area (Å²) in [6, 6.07) is 19.4. The molecule has 0 aliphatic heterocycles. The zero-order valence-corrected chi connectivity index (χ0v) is 19.0. The molecule has 2 aromatic carbocycles. The van der Waals surface area contributed by atoms with Gasteiger partial charge in [0.05, 0.1) is 32.5 Å². The number of carboxylic acid groups (broad SMARTS) is 1. The van der Waals surface area contributed by atoms with E-state index in [-0.39, 0.29) is 6.42 Å². The number of rotatable bonds is 9. The van der Waals surface area contributed by atoms with Gasteiger partial charge in [-0.2, -0.15) is 0 Å². The lowest BCUT2D eigenvalue weighted by molar-refractivity contribution is -0.884. The smallest absolute Gasteiger partial charge is 0.236 e. The number of para-hydroxylation sites is 1. The van der Waals surface area contributed by atoms with Gasteiger partial charge in [-0.15, -0.1) is 0 Å². The van der Waals surface area contributed by atoms with Crippen LogP contribution in [0.25, 0.3) is 0 Å². The average molecular weight is 413 g/mol. The van der Waals surface area contributed by atoms with Gasteiger partial charge in [-0.25, -0.2) is 0 Å². The Bertz CT molecular complexity index is 770. The number of nitrogens with zero attached hydrogens (tertiary/aromatic N) is 1. The molecule has 1 unspecified atom stereocenters. The van der Waals surface area contributed by atoms with Gasteiger partial charge >= 0.3 is 0 Å². The van der Waals surface area contributed by atoms with E-state index in [1.807, 2.05) is 13.0 Å². The summed E-state index contributed by atoms with van der Waals surface area (Å²) in [5, 5.41) is 14.1. The van der Waals surface area contributed by atoms with Crippen molar-refractivity contribution in [2.45, 2.75) is 46.1 Å². The first-order chi connectivity index (χ1) is 14.1. The van der Waals surface area contributed by atoms with Crippen LogP contribution in [0.15, 0.2) is 60.7 Å². The number of carbonyl (C=O) groups is 2. The molecule has 1 N–H and O–H groups in total. The summed E-state index contributed by atoms with van der Waals surface area (Å²) in [4.78, 5) is 23.7. The number of hydrogen-bond acceptors (Lipinski definition) is 3. The predicted octanol–water partition coefficient (Wildman–Crippen LogP) is 3.85. The fourth-order valence-corrected chi connectivity index (χ4v) is 3.17. The maximum absolute atomic E-state index is 12.3. The van der Waals surface area contributed by atoms with Crippen LogP contribution in [0.4, 0.5) is 5.69 Å². The molecule has 0 heterocycles. The molecule has 0 aliphatic carbocycles. The molecule has 5 heteroatoms. The fraction of sp³-hybridized carbons (Fsp3) is 0.440. The first kappa shape index (κ1) is 25.4. The molecule has 0 saturated carbocycles. The molecule has 2 rings (SSSR count). The lowest BCUT2D eigenvalue weighted by Gasteiger charge is -2.32. The van der Waals surface area contributed by atoms with Crippen LogP contribution in [-0.4, -0.2) is 37.5 Å². The van der Waals surface area contributed by atoms with E-state index in [9.17, 15) is 14.7 Å². The zero-order valence-electron chi connectivity index (χ0n) is 19.0. The minimum absolute atomic E-state index is 0.230. The van der Waals surface area contributed by atoms with Crippen LogP contribution in [0.3, 0.4) is 0 Å². The number of nitrogens with one attached hydrogen (secondary N) is 1. The number of unbranched alkanes of at least 4 members (excludes halogenated alkanes) is 1. The van der Waals surface area contributed by atoms with E-state index in [2.05, 4.69) is 56.8 Å². The number of anilines is 1. The van der Waals surface area contributed by atoms with Crippen molar-refractivity contribution in [1.29, 1.82) is 0 Å². The number of carboxylic acids is 1. The highest BCUT2D eigenvalue weighted by Gasteiger charge is 2.37. The fourth-order valence-electron chi connectivity index (χ4n) is 3.17. The molecule has 0 aromatic heterocycles. The maximum Gasteiger partial charge on any atom is 0.236 e. The van der Waals surface area contributed by atoms with Gasteiger partial charge in [0.1, 0.15) is 6.54 Å². The molecular formula is C25H36N2O3. The van der Waals surface area contributed by atoms with E-state index in [1.54, 1.807) is 31.2 Å². The van der Waals surface area contributed by atoms with Gasteiger partial charge in [0.25, 0.3) is 0 Å². The van der Waals surface area contributed by atoms with Gasteiger partial charge in [-0.1, -0.05) is 75.2 Å². The van der Waals surface area contributed by atoms with E-state index >= 15 is 0 Å². The monoisotopic (exact) mass is 412 g/mol. The molecule has 5 nitrogen and oxygen atoms in total. The quantitative estimate of drug-likeness (QED) is 0.502. The van der Waals surface area contributed by atoms with Crippen LogP contribution in [-0.2, 0) is 16.1 Å². The summed E-state index contributed by atoms with van der Waals surface area (Å²) in [5.41, 5.74) is 0.564. The lowest BCUT2D eigenvalue weighted by atomic mass is 9.79. The van der Waals surface area contributed by atoms with Crippen LogP contribution in [0.2, 0.25) is 0 Å². The second-order valence-corrected chi connectivity index (χ2v) is 8.58. The second-order valence-electron chi connectivity index (χ2n) is 8.58. The number of aliphatic carboxylic acids is 1. The third-order valence-electron chi connectivity index (χ3n) is 4.92. The highest BCUT2D eigenvalue weighted by Crippen LogP contribution is 2.30. The predicted molar refractivity (Wildman–Crippen MR) is 121 cm³/mol. The Morgan fingerprint density at radius 3 is 1.90 bits per heavy atom. The van der Waals surface area contributed by atoms with Gasteiger partial charge in [0.2, 0.25) is 5.91 Å². The molecule has 0 aliphatic rings. The second kappa shape index (κ2) is 12.1. The molecule has 0 spiro atoms. The average Bonchev–Trinajstić information content (AvgIpc) is 2.69. The molecule has 0 bridgehead atoms. The molecule has 1 atom stereocenters. The van der Waals surface area contributed by atoms with E-state index in [0.29, 0.717) is 18.5 Å². The summed E-state index contributed by atoms with van der Waals surface area (Å²) in [6.45, 7) is 4.77. The van der Waals surface area contributed by atoms with Crippen molar-refractivity contribution in [1.82, 2.24) is 0 Å². The lowest BCUT2D eigenvalue weighted by Crippen LogP contribution is -2.50. The molecule has 2 aromatic rings. The number of benzene rings is 2. The van der Waals surface area contributed by atoms with E-state index in [4.69, 9.17) is 0 Å². The molecule has 0 saturated heterocycles. The van der Waals surface area contributed by atoms with Crippen molar-refractivity contribution in [2.24, 2.45) is 5.41 Å². The van der Waals surface area contributed by atoms with Crippen LogP contribution in [0, 0.1) is 5.41 Å². The normalized spacial score (nSPS) is 12.8. The summed E-state index contributed by atoms with van der Waals surface area (Å²) in [5.74, 6) is -1.79. The van der Waals surface area contributed by atoms with Crippen molar-refractivity contribution in [3.8, 4) is 0 Å². The van der Waals surface area contributed by atoms with Gasteiger partial charge < -0.3 is 19.7 Å². The van der Waals surface area contributed by atoms with Crippen molar-refractivity contribution < 1.29 is 19.2 Å². The zero-order chi connectivity index (χ0) is 22.6. The summed E-state index contributed by atoms with van der Waals surface area (Å²) >= 11 is 0. The SMILES string of the molecule is CCCCC(CC)(C(=O)[O-])C(=O)Nc1ccccc1.C[N+](C)(C)Cc1ccccc1. The molecule has 1 amide bonds. The topological polar surface area (TPSA) is 69.2 Å². The van der Waals surface area contributed by atoms with E-state index in [1.165, 1.54) is 5.56 Å². The number of quaternary nitrogens is 1. The summed E-state index contributed by atoms with van der Waals surface area (Å²) in [6.07, 6.45) is 2.06.